The number of hydrogen-bond acceptors (Lipinski definition) is 4. The molecule has 0 bridgehead atoms. The summed E-state index contributed by atoms with van der Waals surface area (Å²) < 4.78 is 17.3. The molecule has 2 aromatic carbocycles. The Morgan fingerprint density at radius 2 is 2.00 bits per heavy atom. The van der Waals surface area contributed by atoms with E-state index < -0.39 is 10.8 Å². The van der Waals surface area contributed by atoms with Gasteiger partial charge in [0.2, 0.25) is 5.91 Å². The van der Waals surface area contributed by atoms with Gasteiger partial charge in [0.1, 0.15) is 5.75 Å². The quantitative estimate of drug-likeness (QED) is 0.740. The average molecular weight is 386 g/mol. The Balaban J connectivity index is 1.85. The minimum Gasteiger partial charge on any atom is -0.385 e. The number of ether oxygens (including phenoxy) is 1. The van der Waals surface area contributed by atoms with Gasteiger partial charge in [-0.05, 0) is 30.2 Å². The van der Waals surface area contributed by atoms with Gasteiger partial charge >= 0.3 is 0 Å². The summed E-state index contributed by atoms with van der Waals surface area (Å²) in [5, 5.41) is 2.83. The first-order valence-electron chi connectivity index (χ1n) is 8.74. The minimum absolute atomic E-state index is 0.0393. The second kappa shape index (κ2) is 8.92. The summed E-state index contributed by atoms with van der Waals surface area (Å²) in [6.45, 7) is 1.45. The van der Waals surface area contributed by atoms with E-state index in [0.717, 1.165) is 12.0 Å². The molecule has 0 spiro atoms. The van der Waals surface area contributed by atoms with Crippen LogP contribution in [0.15, 0.2) is 53.4 Å². The Labute approximate surface area is 161 Å². The van der Waals surface area contributed by atoms with Crippen molar-refractivity contribution in [3.63, 3.8) is 0 Å². The largest absolute Gasteiger partial charge is 0.385 e. The lowest BCUT2D eigenvalue weighted by Gasteiger charge is -2.29. The summed E-state index contributed by atoms with van der Waals surface area (Å²) >= 11 is 0. The summed E-state index contributed by atoms with van der Waals surface area (Å²) in [5.74, 6) is -0.470. The Morgan fingerprint density at radius 3 is 2.74 bits per heavy atom. The third kappa shape index (κ3) is 4.61. The molecule has 142 valence electrons. The Bertz CT molecular complexity index is 854. The molecule has 0 saturated heterocycles. The van der Waals surface area contributed by atoms with Crippen LogP contribution in [-0.2, 0) is 26.9 Å². The van der Waals surface area contributed by atoms with Gasteiger partial charge in [-0.3, -0.25) is 13.8 Å². The number of nitrogens with one attached hydrogen (secondary N) is 1. The van der Waals surface area contributed by atoms with E-state index in [9.17, 15) is 13.8 Å². The van der Waals surface area contributed by atoms with Crippen LogP contribution in [0.4, 0.5) is 5.69 Å². The smallest absolute Gasteiger partial charge is 0.251 e. The van der Waals surface area contributed by atoms with Gasteiger partial charge in [0.15, 0.2) is 0 Å². The molecule has 7 heteroatoms. The van der Waals surface area contributed by atoms with Gasteiger partial charge in [0.25, 0.3) is 5.91 Å². The zero-order valence-corrected chi connectivity index (χ0v) is 16.0. The van der Waals surface area contributed by atoms with E-state index in [1.807, 2.05) is 30.3 Å². The molecule has 2 amide bonds. The molecular weight excluding hydrogens is 364 g/mol. The van der Waals surface area contributed by atoms with E-state index in [0.29, 0.717) is 35.8 Å². The van der Waals surface area contributed by atoms with Crippen molar-refractivity contribution in [3.8, 4) is 0 Å². The molecular formula is C20H22N2O4S. The van der Waals surface area contributed by atoms with E-state index in [1.165, 1.54) is 0 Å². The Hall–Kier alpha value is -2.51. The molecule has 27 heavy (non-hydrogen) atoms. The lowest BCUT2D eigenvalue weighted by Crippen LogP contribution is -2.38. The highest BCUT2D eigenvalue weighted by molar-refractivity contribution is 7.86. The number of benzene rings is 2. The molecule has 1 aliphatic rings. The molecule has 0 fully saturated rings. The summed E-state index contributed by atoms with van der Waals surface area (Å²) in [6.07, 6.45) is 0.718. The molecule has 0 saturated carbocycles. The molecule has 2 aromatic rings. The third-order valence-electron chi connectivity index (χ3n) is 4.31. The lowest BCUT2D eigenvalue weighted by molar-refractivity contribution is -0.116. The molecule has 3 rings (SSSR count). The first kappa shape index (κ1) is 19.3. The van der Waals surface area contributed by atoms with Gasteiger partial charge in [0.05, 0.1) is 27.9 Å². The van der Waals surface area contributed by atoms with E-state index in [1.54, 1.807) is 30.2 Å². The van der Waals surface area contributed by atoms with Crippen LogP contribution >= 0.6 is 0 Å². The minimum atomic E-state index is -1.39. The maximum atomic E-state index is 12.5. The van der Waals surface area contributed by atoms with Gasteiger partial charge in [-0.25, -0.2) is 0 Å². The van der Waals surface area contributed by atoms with Crippen LogP contribution in [0.3, 0.4) is 0 Å². The number of rotatable bonds is 7. The van der Waals surface area contributed by atoms with Crippen molar-refractivity contribution in [2.45, 2.75) is 17.9 Å². The van der Waals surface area contributed by atoms with Crippen LogP contribution in [0.5, 0.6) is 0 Å². The Morgan fingerprint density at radius 1 is 1.22 bits per heavy atom. The standard InChI is InChI=1S/C20H22N2O4S/c1-26-11-5-10-21-20(24)16-8-9-18-17(12-16)22(19(23)14-27(18)25)13-15-6-3-2-4-7-15/h2-4,6-9,12H,5,10-11,13-14H2,1H3,(H,21,24)/t27-/m0/s1. The maximum absolute atomic E-state index is 12.5. The van der Waals surface area contributed by atoms with E-state index in [2.05, 4.69) is 5.32 Å². The number of nitrogens with zero attached hydrogens (tertiary/aromatic N) is 1. The Kier molecular flexibility index (Phi) is 6.36. The zero-order chi connectivity index (χ0) is 19.2. The monoisotopic (exact) mass is 386 g/mol. The summed E-state index contributed by atoms with van der Waals surface area (Å²) in [7, 11) is 0.222. The highest BCUT2D eigenvalue weighted by Gasteiger charge is 2.30. The predicted molar refractivity (Wildman–Crippen MR) is 104 cm³/mol. The van der Waals surface area contributed by atoms with E-state index in [-0.39, 0.29) is 17.6 Å². The predicted octanol–water partition coefficient (Wildman–Crippen LogP) is 2.11. The maximum Gasteiger partial charge on any atom is 0.251 e. The summed E-state index contributed by atoms with van der Waals surface area (Å²) in [6, 6.07) is 14.6. The van der Waals surface area contributed by atoms with Gasteiger partial charge < -0.3 is 15.0 Å². The first-order valence-corrected chi connectivity index (χ1v) is 10.1. The van der Waals surface area contributed by atoms with Crippen molar-refractivity contribution in [1.29, 1.82) is 0 Å². The fourth-order valence-electron chi connectivity index (χ4n) is 2.92. The fourth-order valence-corrected chi connectivity index (χ4v) is 4.08. The number of carbonyl (C=O) groups excluding carboxylic acids is 2. The molecule has 1 N–H and O–H groups in total. The number of methoxy groups -OCH3 is 1. The number of carbonyl (C=O) groups is 2. The fraction of sp³-hybridized carbons (Fsp3) is 0.300. The third-order valence-corrected chi connectivity index (χ3v) is 5.65. The van der Waals surface area contributed by atoms with Gasteiger partial charge in [-0.1, -0.05) is 30.3 Å². The number of amides is 2. The van der Waals surface area contributed by atoms with Gasteiger partial charge in [-0.15, -0.1) is 0 Å². The molecule has 6 nitrogen and oxygen atoms in total. The second-order valence-electron chi connectivity index (χ2n) is 6.24. The van der Waals surface area contributed by atoms with E-state index in [4.69, 9.17) is 4.74 Å². The first-order chi connectivity index (χ1) is 13.1. The van der Waals surface area contributed by atoms with Crippen molar-refractivity contribution in [2.24, 2.45) is 0 Å². The molecule has 1 heterocycles. The SMILES string of the molecule is COCCCNC(=O)c1ccc2c(c1)N(Cc1ccccc1)C(=O)C[S@@]2=O. The molecule has 1 atom stereocenters. The van der Waals surface area contributed by atoms with Crippen molar-refractivity contribution in [3.05, 3.63) is 59.7 Å². The summed E-state index contributed by atoms with van der Waals surface area (Å²) in [5.41, 5.74) is 1.95. The van der Waals surface area contributed by atoms with Crippen LogP contribution in [0.2, 0.25) is 0 Å². The van der Waals surface area contributed by atoms with E-state index >= 15 is 0 Å². The molecule has 0 unspecified atom stereocenters. The van der Waals surface area contributed by atoms with Crippen molar-refractivity contribution in [1.82, 2.24) is 5.32 Å². The van der Waals surface area contributed by atoms with Crippen LogP contribution in [0, 0.1) is 0 Å². The molecule has 0 aliphatic carbocycles. The van der Waals surface area contributed by atoms with Crippen LogP contribution in [-0.4, -0.2) is 42.0 Å². The topological polar surface area (TPSA) is 75.7 Å². The normalized spacial score (nSPS) is 16.1. The highest BCUT2D eigenvalue weighted by atomic mass is 32.2. The van der Waals surface area contributed by atoms with Crippen molar-refractivity contribution in [2.75, 3.05) is 30.9 Å². The van der Waals surface area contributed by atoms with Crippen molar-refractivity contribution < 1.29 is 18.5 Å². The summed E-state index contributed by atoms with van der Waals surface area (Å²) in [4.78, 5) is 27.1. The lowest BCUT2D eigenvalue weighted by atomic mass is 10.1. The number of anilines is 1. The zero-order valence-electron chi connectivity index (χ0n) is 15.1. The van der Waals surface area contributed by atoms with Gasteiger partial charge in [0, 0.05) is 25.8 Å². The van der Waals surface area contributed by atoms with Gasteiger partial charge in [-0.2, -0.15) is 0 Å². The van der Waals surface area contributed by atoms with Crippen LogP contribution in [0.25, 0.3) is 0 Å². The van der Waals surface area contributed by atoms with Crippen molar-refractivity contribution >= 4 is 28.3 Å². The molecule has 0 aromatic heterocycles. The number of fused-ring (bicyclic) bond motifs is 1. The molecule has 0 radical (unpaired) electrons. The molecule has 1 aliphatic heterocycles. The van der Waals surface area contributed by atoms with Crippen LogP contribution in [0.1, 0.15) is 22.3 Å². The highest BCUT2D eigenvalue weighted by Crippen LogP contribution is 2.31. The van der Waals surface area contributed by atoms with Crippen LogP contribution < -0.4 is 10.2 Å². The second-order valence-corrected chi connectivity index (χ2v) is 7.66. The average Bonchev–Trinajstić information content (AvgIpc) is 2.68. The number of hydrogen-bond donors (Lipinski definition) is 1.